The first kappa shape index (κ1) is 9.61. The highest BCUT2D eigenvalue weighted by Crippen LogP contribution is 2.19. The molecule has 1 aromatic rings. The zero-order valence-electron chi connectivity index (χ0n) is 8.43. The number of hydrogen-bond acceptors (Lipinski definition) is 4. The molecule has 2 heterocycles. The smallest absolute Gasteiger partial charge is 0.108 e. The van der Waals surface area contributed by atoms with E-state index in [0.29, 0.717) is 11.7 Å². The summed E-state index contributed by atoms with van der Waals surface area (Å²) in [5, 5.41) is 16.8. The Morgan fingerprint density at radius 3 is 3.07 bits per heavy atom. The van der Waals surface area contributed by atoms with Gasteiger partial charge in [0, 0.05) is 13.1 Å². The summed E-state index contributed by atoms with van der Waals surface area (Å²) in [6, 6.07) is 0.433. The number of aromatic nitrogens is 3. The summed E-state index contributed by atoms with van der Waals surface area (Å²) >= 11 is 0. The van der Waals surface area contributed by atoms with Crippen molar-refractivity contribution < 1.29 is 5.11 Å². The van der Waals surface area contributed by atoms with Gasteiger partial charge in [0.05, 0.1) is 18.8 Å². The molecule has 0 saturated carbocycles. The van der Waals surface area contributed by atoms with Crippen LogP contribution in [0.15, 0.2) is 6.20 Å². The Morgan fingerprint density at radius 1 is 1.64 bits per heavy atom. The summed E-state index contributed by atoms with van der Waals surface area (Å²) in [6.45, 7) is 5.42. The van der Waals surface area contributed by atoms with Gasteiger partial charge in [-0.25, -0.2) is 4.68 Å². The van der Waals surface area contributed by atoms with Crippen molar-refractivity contribution in [2.45, 2.75) is 26.0 Å². The summed E-state index contributed by atoms with van der Waals surface area (Å²) in [5.41, 5.74) is 0.653. The standard InChI is InChI=1S/C9H16N4O/c1-2-12-4-3-9(6-12)13-5-8(7-14)10-11-13/h5,9,14H,2-4,6-7H2,1H3. The Kier molecular flexibility index (Phi) is 2.79. The first-order valence-electron chi connectivity index (χ1n) is 5.07. The van der Waals surface area contributed by atoms with Gasteiger partial charge in [-0.1, -0.05) is 12.1 Å². The highest BCUT2D eigenvalue weighted by atomic mass is 16.3. The minimum absolute atomic E-state index is 0.0236. The fourth-order valence-corrected chi connectivity index (χ4v) is 1.88. The number of aliphatic hydroxyl groups excluding tert-OH is 1. The summed E-state index contributed by atoms with van der Waals surface area (Å²) in [7, 11) is 0. The van der Waals surface area contributed by atoms with Crippen LogP contribution in [0.3, 0.4) is 0 Å². The van der Waals surface area contributed by atoms with E-state index in [0.717, 1.165) is 26.1 Å². The van der Waals surface area contributed by atoms with E-state index in [1.165, 1.54) is 0 Å². The number of likely N-dealkylation sites (tertiary alicyclic amines) is 1. The van der Waals surface area contributed by atoms with E-state index in [1.54, 1.807) is 0 Å². The van der Waals surface area contributed by atoms with Crippen LogP contribution in [0.1, 0.15) is 25.1 Å². The molecule has 1 aromatic heterocycles. The normalized spacial score (nSPS) is 23.1. The number of nitrogens with zero attached hydrogens (tertiary/aromatic N) is 4. The molecule has 78 valence electrons. The molecule has 1 fully saturated rings. The first-order valence-corrected chi connectivity index (χ1v) is 5.07. The molecule has 5 heteroatoms. The van der Waals surface area contributed by atoms with Crippen molar-refractivity contribution in [3.05, 3.63) is 11.9 Å². The molecule has 0 amide bonds. The van der Waals surface area contributed by atoms with Crippen LogP contribution in [0, 0.1) is 0 Å². The molecule has 0 aromatic carbocycles. The van der Waals surface area contributed by atoms with Crippen molar-refractivity contribution in [1.29, 1.82) is 0 Å². The molecule has 0 aliphatic carbocycles. The maximum Gasteiger partial charge on any atom is 0.108 e. The van der Waals surface area contributed by atoms with Crippen molar-refractivity contribution in [2.24, 2.45) is 0 Å². The minimum atomic E-state index is -0.0236. The maximum atomic E-state index is 8.87. The van der Waals surface area contributed by atoms with Gasteiger partial charge in [-0.2, -0.15) is 0 Å². The van der Waals surface area contributed by atoms with E-state index < -0.39 is 0 Å². The van der Waals surface area contributed by atoms with Gasteiger partial charge in [-0.05, 0) is 13.0 Å². The zero-order valence-corrected chi connectivity index (χ0v) is 8.43. The van der Waals surface area contributed by atoms with Crippen LogP contribution in [0.5, 0.6) is 0 Å². The molecule has 1 aliphatic rings. The Balaban J connectivity index is 2.02. The molecular weight excluding hydrogens is 180 g/mol. The lowest BCUT2D eigenvalue weighted by Crippen LogP contribution is -2.21. The van der Waals surface area contributed by atoms with Crippen molar-refractivity contribution in [2.75, 3.05) is 19.6 Å². The first-order chi connectivity index (χ1) is 6.83. The summed E-state index contributed by atoms with van der Waals surface area (Å²) in [6.07, 6.45) is 2.96. The second kappa shape index (κ2) is 4.06. The SMILES string of the molecule is CCN1CCC(n2cc(CO)nn2)C1. The minimum Gasteiger partial charge on any atom is -0.390 e. The lowest BCUT2D eigenvalue weighted by molar-refractivity contribution is 0.276. The third-order valence-electron chi connectivity index (χ3n) is 2.79. The molecule has 1 atom stereocenters. The van der Waals surface area contributed by atoms with Gasteiger partial charge in [0.2, 0.25) is 0 Å². The summed E-state index contributed by atoms with van der Waals surface area (Å²) in [4.78, 5) is 2.39. The maximum absolute atomic E-state index is 8.87. The van der Waals surface area contributed by atoms with E-state index in [1.807, 2.05) is 10.9 Å². The van der Waals surface area contributed by atoms with Crippen LogP contribution >= 0.6 is 0 Å². The van der Waals surface area contributed by atoms with Gasteiger partial charge < -0.3 is 10.0 Å². The predicted octanol–water partition coefficient (Wildman–Crippen LogP) is 0.0371. The van der Waals surface area contributed by atoms with Crippen molar-refractivity contribution >= 4 is 0 Å². The van der Waals surface area contributed by atoms with Crippen LogP contribution in [-0.4, -0.2) is 44.6 Å². The summed E-state index contributed by atoms with van der Waals surface area (Å²) in [5.74, 6) is 0. The Hall–Kier alpha value is -0.940. The highest BCUT2D eigenvalue weighted by Gasteiger charge is 2.23. The van der Waals surface area contributed by atoms with Crippen LogP contribution in [0.2, 0.25) is 0 Å². The third kappa shape index (κ3) is 1.78. The predicted molar refractivity (Wildman–Crippen MR) is 51.7 cm³/mol. The second-order valence-corrected chi connectivity index (χ2v) is 3.68. The van der Waals surface area contributed by atoms with Crippen LogP contribution in [0.4, 0.5) is 0 Å². The van der Waals surface area contributed by atoms with E-state index in [4.69, 9.17) is 5.11 Å². The molecule has 1 unspecified atom stereocenters. The van der Waals surface area contributed by atoms with Gasteiger partial charge in [0.25, 0.3) is 0 Å². The van der Waals surface area contributed by atoms with Gasteiger partial charge in [0.15, 0.2) is 0 Å². The Morgan fingerprint density at radius 2 is 2.50 bits per heavy atom. The molecule has 0 bridgehead atoms. The third-order valence-corrected chi connectivity index (χ3v) is 2.79. The number of aliphatic hydroxyl groups is 1. The molecule has 5 nitrogen and oxygen atoms in total. The Labute approximate surface area is 83.3 Å². The number of hydrogen-bond donors (Lipinski definition) is 1. The molecular formula is C9H16N4O. The zero-order chi connectivity index (χ0) is 9.97. The summed E-state index contributed by atoms with van der Waals surface area (Å²) < 4.78 is 1.88. The average molecular weight is 196 g/mol. The highest BCUT2D eigenvalue weighted by molar-refractivity contribution is 4.92. The van der Waals surface area contributed by atoms with E-state index in [-0.39, 0.29) is 6.61 Å². The molecule has 1 aliphatic heterocycles. The van der Waals surface area contributed by atoms with E-state index in [9.17, 15) is 0 Å². The topological polar surface area (TPSA) is 54.2 Å². The van der Waals surface area contributed by atoms with Gasteiger partial charge in [-0.15, -0.1) is 5.10 Å². The van der Waals surface area contributed by atoms with Crippen molar-refractivity contribution in [3.8, 4) is 0 Å². The quantitative estimate of drug-likeness (QED) is 0.741. The molecule has 14 heavy (non-hydrogen) atoms. The van der Waals surface area contributed by atoms with Crippen LogP contribution in [0.25, 0.3) is 0 Å². The average Bonchev–Trinajstić information content (AvgIpc) is 2.86. The van der Waals surface area contributed by atoms with Crippen molar-refractivity contribution in [3.63, 3.8) is 0 Å². The second-order valence-electron chi connectivity index (χ2n) is 3.68. The molecule has 1 saturated heterocycles. The largest absolute Gasteiger partial charge is 0.390 e. The fraction of sp³-hybridized carbons (Fsp3) is 0.778. The van der Waals surface area contributed by atoms with Gasteiger partial charge in [0.1, 0.15) is 5.69 Å². The monoisotopic (exact) mass is 196 g/mol. The van der Waals surface area contributed by atoms with E-state index >= 15 is 0 Å². The van der Waals surface area contributed by atoms with Crippen molar-refractivity contribution in [1.82, 2.24) is 19.9 Å². The van der Waals surface area contributed by atoms with Gasteiger partial charge in [-0.3, -0.25) is 0 Å². The number of likely N-dealkylation sites (N-methyl/N-ethyl adjacent to an activating group) is 1. The molecule has 0 spiro atoms. The number of rotatable bonds is 3. The lowest BCUT2D eigenvalue weighted by atomic mass is 10.3. The van der Waals surface area contributed by atoms with E-state index in [2.05, 4.69) is 22.1 Å². The van der Waals surface area contributed by atoms with Crippen LogP contribution < -0.4 is 0 Å². The molecule has 2 rings (SSSR count). The van der Waals surface area contributed by atoms with Gasteiger partial charge >= 0.3 is 0 Å². The molecule has 0 radical (unpaired) electrons. The fourth-order valence-electron chi connectivity index (χ4n) is 1.88. The Bertz CT molecular complexity index is 299. The molecule has 1 N–H and O–H groups in total. The lowest BCUT2D eigenvalue weighted by Gasteiger charge is -2.12. The van der Waals surface area contributed by atoms with Crippen LogP contribution in [-0.2, 0) is 6.61 Å².